The van der Waals surface area contributed by atoms with Crippen molar-refractivity contribution in [2.45, 2.75) is 51.0 Å². The molecule has 0 spiro atoms. The highest BCUT2D eigenvalue weighted by atomic mass is 32.1. The molecule has 7 heteroatoms. The number of hydrogen-bond donors (Lipinski definition) is 1. The standard InChI is InChI=1S/C20H24N4O2S/c1-2-8-20(9-10-20)21-18(26)15-12-17(25)24(13-15)19-23-22-16(27-19)11-14-6-4-3-5-7-14/h3-7,15H,2,8-13H2,1H3,(H,21,26). The Morgan fingerprint density at radius 1 is 1.30 bits per heavy atom. The molecule has 142 valence electrons. The van der Waals surface area contributed by atoms with Gasteiger partial charge in [0.15, 0.2) is 0 Å². The van der Waals surface area contributed by atoms with Crippen LogP contribution in [0.5, 0.6) is 0 Å². The third-order valence-corrected chi connectivity index (χ3v) is 6.30. The molecule has 27 heavy (non-hydrogen) atoms. The van der Waals surface area contributed by atoms with Crippen molar-refractivity contribution in [3.8, 4) is 0 Å². The van der Waals surface area contributed by atoms with Gasteiger partial charge >= 0.3 is 0 Å². The highest BCUT2D eigenvalue weighted by molar-refractivity contribution is 7.15. The van der Waals surface area contributed by atoms with Crippen LogP contribution < -0.4 is 10.2 Å². The summed E-state index contributed by atoms with van der Waals surface area (Å²) in [6.07, 6.45) is 5.13. The van der Waals surface area contributed by atoms with Gasteiger partial charge in [0, 0.05) is 24.9 Å². The van der Waals surface area contributed by atoms with E-state index in [-0.39, 0.29) is 29.7 Å². The number of carbonyl (C=O) groups is 2. The van der Waals surface area contributed by atoms with Crippen LogP contribution in [0.3, 0.4) is 0 Å². The van der Waals surface area contributed by atoms with E-state index in [9.17, 15) is 9.59 Å². The second kappa shape index (κ2) is 7.38. The molecule has 2 amide bonds. The van der Waals surface area contributed by atoms with E-state index in [1.807, 2.05) is 30.3 Å². The fourth-order valence-corrected chi connectivity index (χ4v) is 4.59. The summed E-state index contributed by atoms with van der Waals surface area (Å²) < 4.78 is 0. The van der Waals surface area contributed by atoms with Crippen molar-refractivity contribution in [2.24, 2.45) is 5.92 Å². The summed E-state index contributed by atoms with van der Waals surface area (Å²) in [6.45, 7) is 2.53. The molecule has 0 bridgehead atoms. The lowest BCUT2D eigenvalue weighted by Gasteiger charge is -2.19. The van der Waals surface area contributed by atoms with Crippen LogP contribution in [-0.4, -0.2) is 34.1 Å². The van der Waals surface area contributed by atoms with Gasteiger partial charge in [-0.15, -0.1) is 10.2 Å². The number of rotatable bonds is 7. The number of aromatic nitrogens is 2. The topological polar surface area (TPSA) is 75.2 Å². The number of benzene rings is 1. The van der Waals surface area contributed by atoms with E-state index < -0.39 is 0 Å². The maximum absolute atomic E-state index is 12.6. The number of anilines is 1. The summed E-state index contributed by atoms with van der Waals surface area (Å²) >= 11 is 1.43. The van der Waals surface area contributed by atoms with Gasteiger partial charge in [0.05, 0.1) is 5.92 Å². The van der Waals surface area contributed by atoms with Gasteiger partial charge in [-0.05, 0) is 24.8 Å². The van der Waals surface area contributed by atoms with E-state index in [4.69, 9.17) is 0 Å². The summed E-state index contributed by atoms with van der Waals surface area (Å²) in [4.78, 5) is 26.7. The molecule has 2 aliphatic rings. The van der Waals surface area contributed by atoms with E-state index in [0.717, 1.165) is 36.3 Å². The lowest BCUT2D eigenvalue weighted by Crippen LogP contribution is -2.41. The summed E-state index contributed by atoms with van der Waals surface area (Å²) in [7, 11) is 0. The molecule has 1 aromatic heterocycles. The monoisotopic (exact) mass is 384 g/mol. The lowest BCUT2D eigenvalue weighted by atomic mass is 10.1. The molecule has 1 unspecified atom stereocenters. The Labute approximate surface area is 163 Å². The molecule has 1 atom stereocenters. The summed E-state index contributed by atoms with van der Waals surface area (Å²) in [5.41, 5.74) is 1.16. The van der Waals surface area contributed by atoms with Crippen molar-refractivity contribution in [3.05, 3.63) is 40.9 Å². The second-order valence-corrected chi connectivity index (χ2v) is 8.61. The Hall–Kier alpha value is -2.28. The van der Waals surface area contributed by atoms with Crippen LogP contribution in [0.4, 0.5) is 5.13 Å². The summed E-state index contributed by atoms with van der Waals surface area (Å²) in [6, 6.07) is 10.1. The average Bonchev–Trinajstić information content (AvgIpc) is 3.07. The van der Waals surface area contributed by atoms with Crippen molar-refractivity contribution < 1.29 is 9.59 Å². The molecule has 0 radical (unpaired) electrons. The number of amides is 2. The van der Waals surface area contributed by atoms with E-state index >= 15 is 0 Å². The number of carbonyl (C=O) groups excluding carboxylic acids is 2. The maximum Gasteiger partial charge on any atom is 0.229 e. The van der Waals surface area contributed by atoms with Gasteiger partial charge in [0.25, 0.3) is 0 Å². The van der Waals surface area contributed by atoms with Gasteiger partial charge in [-0.2, -0.15) is 0 Å². The zero-order valence-corrected chi connectivity index (χ0v) is 16.3. The minimum Gasteiger partial charge on any atom is -0.350 e. The minimum atomic E-state index is -0.298. The van der Waals surface area contributed by atoms with E-state index in [1.165, 1.54) is 11.3 Å². The number of hydrogen-bond acceptors (Lipinski definition) is 5. The van der Waals surface area contributed by atoms with Crippen LogP contribution >= 0.6 is 11.3 Å². The fourth-order valence-electron chi connectivity index (χ4n) is 3.69. The molecule has 2 fully saturated rings. The predicted molar refractivity (Wildman–Crippen MR) is 105 cm³/mol. The highest BCUT2D eigenvalue weighted by Gasteiger charge is 2.45. The Morgan fingerprint density at radius 2 is 2.07 bits per heavy atom. The molecule has 1 aliphatic heterocycles. The quantitative estimate of drug-likeness (QED) is 0.796. The van der Waals surface area contributed by atoms with E-state index in [2.05, 4.69) is 22.4 Å². The predicted octanol–water partition coefficient (Wildman–Crippen LogP) is 2.93. The van der Waals surface area contributed by atoms with Crippen molar-refractivity contribution in [2.75, 3.05) is 11.4 Å². The first-order valence-corrected chi connectivity index (χ1v) is 10.4. The molecule has 2 aromatic rings. The van der Waals surface area contributed by atoms with Gasteiger partial charge < -0.3 is 5.32 Å². The number of nitrogens with zero attached hydrogens (tertiary/aromatic N) is 3. The molecule has 1 aliphatic carbocycles. The molecule has 1 aromatic carbocycles. The first-order chi connectivity index (χ1) is 13.1. The van der Waals surface area contributed by atoms with Crippen LogP contribution in [0.15, 0.2) is 30.3 Å². The highest BCUT2D eigenvalue weighted by Crippen LogP contribution is 2.40. The van der Waals surface area contributed by atoms with Crippen LogP contribution in [0.2, 0.25) is 0 Å². The third-order valence-electron chi connectivity index (χ3n) is 5.35. The largest absolute Gasteiger partial charge is 0.350 e. The van der Waals surface area contributed by atoms with Crippen LogP contribution in [-0.2, 0) is 16.0 Å². The molecular formula is C20H24N4O2S. The SMILES string of the molecule is CCCC1(NC(=O)C2CC(=O)N(c3nnc(Cc4ccccc4)s3)C2)CC1. The van der Waals surface area contributed by atoms with Crippen LogP contribution in [0.1, 0.15) is 49.6 Å². The second-order valence-electron chi connectivity index (χ2n) is 7.57. The fraction of sp³-hybridized carbons (Fsp3) is 0.500. The third kappa shape index (κ3) is 4.03. The Bertz CT molecular complexity index is 832. The Kier molecular flexibility index (Phi) is 4.95. The molecule has 4 rings (SSSR count). The summed E-state index contributed by atoms with van der Waals surface area (Å²) in [5.74, 6) is -0.336. The van der Waals surface area contributed by atoms with Gasteiger partial charge in [0.1, 0.15) is 5.01 Å². The molecule has 1 saturated heterocycles. The molecule has 1 saturated carbocycles. The van der Waals surface area contributed by atoms with Gasteiger partial charge in [-0.1, -0.05) is 55.0 Å². The van der Waals surface area contributed by atoms with Crippen molar-refractivity contribution in [1.29, 1.82) is 0 Å². The maximum atomic E-state index is 12.6. The van der Waals surface area contributed by atoms with Crippen LogP contribution in [0, 0.1) is 5.92 Å². The molecule has 2 heterocycles. The number of nitrogens with one attached hydrogen (secondary N) is 1. The first-order valence-electron chi connectivity index (χ1n) is 9.57. The minimum absolute atomic E-state index is 0.00539. The Balaban J connectivity index is 1.39. The molecule has 6 nitrogen and oxygen atoms in total. The van der Waals surface area contributed by atoms with E-state index in [0.29, 0.717) is 18.1 Å². The smallest absolute Gasteiger partial charge is 0.229 e. The van der Waals surface area contributed by atoms with Crippen molar-refractivity contribution in [1.82, 2.24) is 15.5 Å². The zero-order chi connectivity index (χ0) is 18.9. The first kappa shape index (κ1) is 18.1. The average molecular weight is 385 g/mol. The Morgan fingerprint density at radius 3 is 2.78 bits per heavy atom. The van der Waals surface area contributed by atoms with Crippen molar-refractivity contribution in [3.63, 3.8) is 0 Å². The van der Waals surface area contributed by atoms with Crippen LogP contribution in [0.25, 0.3) is 0 Å². The van der Waals surface area contributed by atoms with Crippen molar-refractivity contribution >= 4 is 28.3 Å². The lowest BCUT2D eigenvalue weighted by molar-refractivity contribution is -0.127. The molecular weight excluding hydrogens is 360 g/mol. The van der Waals surface area contributed by atoms with Gasteiger partial charge in [-0.25, -0.2) is 0 Å². The van der Waals surface area contributed by atoms with Gasteiger partial charge in [0.2, 0.25) is 16.9 Å². The molecule has 1 N–H and O–H groups in total. The zero-order valence-electron chi connectivity index (χ0n) is 15.5. The summed E-state index contributed by atoms with van der Waals surface area (Å²) in [5, 5.41) is 13.1. The normalized spacial score (nSPS) is 20.7. The van der Waals surface area contributed by atoms with Gasteiger partial charge in [-0.3, -0.25) is 14.5 Å². The van der Waals surface area contributed by atoms with E-state index in [1.54, 1.807) is 4.90 Å².